The molecule has 0 aliphatic rings. The van der Waals surface area contributed by atoms with Crippen LogP contribution in [0.1, 0.15) is 36.2 Å². The smallest absolute Gasteiger partial charge is 0.251 e. The SMILES string of the molecule is CCCS(=O)(=O)Nc1ccc(NC(=O)C(C)NC(=O)c2cccc(C)c2)cc1. The van der Waals surface area contributed by atoms with Crippen LogP contribution in [0.15, 0.2) is 48.5 Å². The second-order valence-corrected chi connectivity index (χ2v) is 8.39. The molecule has 0 radical (unpaired) electrons. The third kappa shape index (κ3) is 6.38. The van der Waals surface area contributed by atoms with E-state index in [2.05, 4.69) is 15.4 Å². The van der Waals surface area contributed by atoms with Gasteiger partial charge in [-0.15, -0.1) is 0 Å². The third-order valence-corrected chi connectivity index (χ3v) is 5.41. The average molecular weight is 404 g/mol. The fourth-order valence-electron chi connectivity index (χ4n) is 2.50. The van der Waals surface area contributed by atoms with Crippen LogP contribution >= 0.6 is 0 Å². The molecule has 0 heterocycles. The molecule has 1 unspecified atom stereocenters. The van der Waals surface area contributed by atoms with Crippen molar-refractivity contribution in [2.75, 3.05) is 15.8 Å². The normalized spacial score (nSPS) is 12.1. The third-order valence-electron chi connectivity index (χ3n) is 3.92. The number of hydrogen-bond acceptors (Lipinski definition) is 4. The Morgan fingerprint density at radius 3 is 2.29 bits per heavy atom. The molecule has 28 heavy (non-hydrogen) atoms. The molecule has 2 aromatic rings. The van der Waals surface area contributed by atoms with Crippen molar-refractivity contribution in [3.63, 3.8) is 0 Å². The number of aryl methyl sites for hydroxylation is 1. The summed E-state index contributed by atoms with van der Waals surface area (Å²) in [5.74, 6) is -0.656. The number of amides is 2. The summed E-state index contributed by atoms with van der Waals surface area (Å²) in [6.45, 7) is 5.27. The monoisotopic (exact) mass is 403 g/mol. The number of rotatable bonds is 8. The molecule has 2 aromatic carbocycles. The van der Waals surface area contributed by atoms with Crippen LogP contribution in [0.2, 0.25) is 0 Å². The predicted octanol–water partition coefficient (Wildman–Crippen LogP) is 2.90. The molecule has 0 aliphatic carbocycles. The number of sulfonamides is 1. The van der Waals surface area contributed by atoms with E-state index in [-0.39, 0.29) is 17.6 Å². The minimum atomic E-state index is -3.36. The Hall–Kier alpha value is -2.87. The summed E-state index contributed by atoms with van der Waals surface area (Å²) < 4.78 is 26.0. The van der Waals surface area contributed by atoms with Crippen LogP contribution in [0.3, 0.4) is 0 Å². The molecular weight excluding hydrogens is 378 g/mol. The molecule has 1 atom stereocenters. The Balaban J connectivity index is 1.93. The second-order valence-electron chi connectivity index (χ2n) is 6.55. The van der Waals surface area contributed by atoms with Crippen LogP contribution in [0.4, 0.5) is 11.4 Å². The molecule has 7 nitrogen and oxygen atoms in total. The fourth-order valence-corrected chi connectivity index (χ4v) is 3.64. The first-order chi connectivity index (χ1) is 13.2. The van der Waals surface area contributed by atoms with Crippen molar-refractivity contribution in [3.05, 3.63) is 59.7 Å². The summed E-state index contributed by atoms with van der Waals surface area (Å²) in [6, 6.07) is 12.7. The molecule has 2 rings (SSSR count). The zero-order valence-electron chi connectivity index (χ0n) is 16.2. The van der Waals surface area contributed by atoms with Gasteiger partial charge in [-0.1, -0.05) is 24.6 Å². The van der Waals surface area contributed by atoms with Gasteiger partial charge in [-0.05, 0) is 56.7 Å². The van der Waals surface area contributed by atoms with Gasteiger partial charge in [0.25, 0.3) is 5.91 Å². The lowest BCUT2D eigenvalue weighted by Crippen LogP contribution is -2.41. The average Bonchev–Trinajstić information content (AvgIpc) is 2.62. The second kappa shape index (κ2) is 9.36. The molecule has 0 aromatic heterocycles. The van der Waals surface area contributed by atoms with E-state index in [0.717, 1.165) is 5.56 Å². The van der Waals surface area contributed by atoms with Crippen molar-refractivity contribution in [3.8, 4) is 0 Å². The minimum Gasteiger partial charge on any atom is -0.341 e. The van der Waals surface area contributed by atoms with Gasteiger partial charge in [0.15, 0.2) is 0 Å². The van der Waals surface area contributed by atoms with Gasteiger partial charge in [0.1, 0.15) is 6.04 Å². The van der Waals surface area contributed by atoms with E-state index in [1.807, 2.05) is 13.0 Å². The first-order valence-electron chi connectivity index (χ1n) is 8.99. The maximum Gasteiger partial charge on any atom is 0.251 e. The van der Waals surface area contributed by atoms with Gasteiger partial charge in [0.2, 0.25) is 15.9 Å². The van der Waals surface area contributed by atoms with Gasteiger partial charge in [-0.25, -0.2) is 8.42 Å². The molecule has 150 valence electrons. The summed E-state index contributed by atoms with van der Waals surface area (Å²) in [7, 11) is -3.36. The van der Waals surface area contributed by atoms with Gasteiger partial charge in [0, 0.05) is 16.9 Å². The molecule has 0 spiro atoms. The van der Waals surface area contributed by atoms with Gasteiger partial charge >= 0.3 is 0 Å². The molecule has 8 heteroatoms. The molecular formula is C20H25N3O4S. The molecule has 2 amide bonds. The molecule has 0 fully saturated rings. The number of nitrogens with one attached hydrogen (secondary N) is 3. The Bertz CT molecular complexity index is 940. The Kier molecular flexibility index (Phi) is 7.17. The summed E-state index contributed by atoms with van der Waals surface area (Å²) in [4.78, 5) is 24.5. The summed E-state index contributed by atoms with van der Waals surface area (Å²) in [5.41, 5.74) is 2.37. The Labute approximate surface area is 165 Å². The molecule has 0 saturated carbocycles. The lowest BCUT2D eigenvalue weighted by molar-refractivity contribution is -0.117. The summed E-state index contributed by atoms with van der Waals surface area (Å²) in [5, 5.41) is 5.35. The zero-order chi connectivity index (χ0) is 20.7. The maximum absolute atomic E-state index is 12.3. The van der Waals surface area contributed by atoms with Crippen molar-refractivity contribution < 1.29 is 18.0 Å². The molecule has 0 saturated heterocycles. The van der Waals surface area contributed by atoms with Gasteiger partial charge in [-0.3, -0.25) is 14.3 Å². The molecule has 3 N–H and O–H groups in total. The van der Waals surface area contributed by atoms with Crippen LogP contribution in [-0.4, -0.2) is 32.0 Å². The van der Waals surface area contributed by atoms with Crippen LogP contribution < -0.4 is 15.4 Å². The van der Waals surface area contributed by atoms with E-state index in [9.17, 15) is 18.0 Å². The van der Waals surface area contributed by atoms with Gasteiger partial charge in [-0.2, -0.15) is 0 Å². The predicted molar refractivity (Wildman–Crippen MR) is 111 cm³/mol. The van der Waals surface area contributed by atoms with Crippen molar-refractivity contribution in [1.82, 2.24) is 5.32 Å². The van der Waals surface area contributed by atoms with Crippen molar-refractivity contribution in [1.29, 1.82) is 0 Å². The number of anilines is 2. The highest BCUT2D eigenvalue weighted by Crippen LogP contribution is 2.15. The lowest BCUT2D eigenvalue weighted by atomic mass is 10.1. The fraction of sp³-hybridized carbons (Fsp3) is 0.300. The Morgan fingerprint density at radius 1 is 1.04 bits per heavy atom. The maximum atomic E-state index is 12.3. The highest BCUT2D eigenvalue weighted by atomic mass is 32.2. The number of carbonyl (C=O) groups excluding carboxylic acids is 2. The Morgan fingerprint density at radius 2 is 1.68 bits per heavy atom. The van der Waals surface area contributed by atoms with Crippen molar-refractivity contribution >= 4 is 33.2 Å². The van der Waals surface area contributed by atoms with Crippen molar-refractivity contribution in [2.45, 2.75) is 33.2 Å². The van der Waals surface area contributed by atoms with Crippen molar-refractivity contribution in [2.24, 2.45) is 0 Å². The topological polar surface area (TPSA) is 104 Å². The first kappa shape index (κ1) is 21.4. The minimum absolute atomic E-state index is 0.0453. The largest absolute Gasteiger partial charge is 0.341 e. The van der Waals surface area contributed by atoms with E-state index in [4.69, 9.17) is 0 Å². The lowest BCUT2D eigenvalue weighted by Gasteiger charge is -2.15. The van der Waals surface area contributed by atoms with Crippen LogP contribution in [0, 0.1) is 6.92 Å². The molecule has 0 aliphatic heterocycles. The van der Waals surface area contributed by atoms with Crippen LogP contribution in [0.25, 0.3) is 0 Å². The van der Waals surface area contributed by atoms with E-state index in [1.165, 1.54) is 0 Å². The van der Waals surface area contributed by atoms with Gasteiger partial charge < -0.3 is 10.6 Å². The van der Waals surface area contributed by atoms with E-state index >= 15 is 0 Å². The standard InChI is InChI=1S/C20H25N3O4S/c1-4-12-28(26,27)23-18-10-8-17(9-11-18)22-19(24)15(3)21-20(25)16-7-5-6-14(2)13-16/h5-11,13,15,23H,4,12H2,1-3H3,(H,21,25)(H,22,24). The zero-order valence-corrected chi connectivity index (χ0v) is 17.0. The summed E-state index contributed by atoms with van der Waals surface area (Å²) in [6.07, 6.45) is 0.523. The number of benzene rings is 2. The number of carbonyl (C=O) groups is 2. The van der Waals surface area contributed by atoms with Crippen LogP contribution in [-0.2, 0) is 14.8 Å². The molecule has 0 bridgehead atoms. The van der Waals surface area contributed by atoms with E-state index < -0.39 is 16.1 Å². The highest BCUT2D eigenvalue weighted by molar-refractivity contribution is 7.92. The highest BCUT2D eigenvalue weighted by Gasteiger charge is 2.17. The van der Waals surface area contributed by atoms with Gasteiger partial charge in [0.05, 0.1) is 5.75 Å². The number of hydrogen-bond donors (Lipinski definition) is 3. The first-order valence-corrected chi connectivity index (χ1v) is 10.6. The quantitative estimate of drug-likeness (QED) is 0.630. The summed E-state index contributed by atoms with van der Waals surface area (Å²) >= 11 is 0. The van der Waals surface area contributed by atoms with Crippen LogP contribution in [0.5, 0.6) is 0 Å². The van der Waals surface area contributed by atoms with E-state index in [0.29, 0.717) is 23.4 Å². The van der Waals surface area contributed by atoms with E-state index in [1.54, 1.807) is 56.3 Å².